The average Bonchev–Trinajstić information content (AvgIpc) is 2.11. The fourth-order valence-corrected chi connectivity index (χ4v) is 0.609. The van der Waals surface area contributed by atoms with Gasteiger partial charge in [-0.2, -0.15) is 0 Å². The van der Waals surface area contributed by atoms with Gasteiger partial charge in [-0.15, -0.1) is 0 Å². The van der Waals surface area contributed by atoms with Gasteiger partial charge in [-0.05, 0) is 22.0 Å². The molecule has 1 rings (SSSR count). The van der Waals surface area contributed by atoms with Crippen LogP contribution in [-0.4, -0.2) is 18.6 Å². The molecule has 0 unspecified atom stereocenters. The van der Waals surface area contributed by atoms with E-state index in [9.17, 15) is 4.39 Å². The quantitative estimate of drug-likeness (QED) is 0.697. The van der Waals surface area contributed by atoms with Crippen LogP contribution >= 0.6 is 15.9 Å². The van der Waals surface area contributed by atoms with Crippen molar-refractivity contribution in [2.45, 2.75) is 0 Å². The Balaban J connectivity index is 0.000000261. The van der Waals surface area contributed by atoms with Crippen LogP contribution in [0.15, 0.2) is 22.9 Å². The Morgan fingerprint density at radius 1 is 1.75 bits per heavy atom. The topological polar surface area (TPSA) is 39.2 Å². The van der Waals surface area contributed by atoms with Gasteiger partial charge in [0.05, 0.1) is 11.6 Å². The van der Waals surface area contributed by atoms with Gasteiger partial charge in [0, 0.05) is 12.4 Å². The number of aromatic nitrogens is 1. The Hall–Kier alpha value is -0.970. The highest BCUT2D eigenvalue weighted by Gasteiger charge is 1.92. The maximum absolute atomic E-state index is 12.2. The molecule has 5 heteroatoms. The molecule has 3 nitrogen and oxygen atoms in total. The highest BCUT2D eigenvalue weighted by atomic mass is 79.9. The monoisotopic (exact) mass is 235 g/mol. The van der Waals surface area contributed by atoms with Crippen LogP contribution in [0.1, 0.15) is 0 Å². The van der Waals surface area contributed by atoms with Crippen molar-refractivity contribution in [1.82, 2.24) is 4.98 Å². The SMILES string of the molecule is COC=O.Fc1ccncc1Br. The molecule has 0 saturated carbocycles. The van der Waals surface area contributed by atoms with Crippen molar-refractivity contribution in [2.24, 2.45) is 0 Å². The first kappa shape index (κ1) is 11.0. The molecule has 0 spiro atoms. The molecule has 0 aliphatic rings. The molecule has 0 radical (unpaired) electrons. The number of methoxy groups -OCH3 is 1. The Labute approximate surface area is 77.7 Å². The summed E-state index contributed by atoms with van der Waals surface area (Å²) in [7, 11) is 1.31. The summed E-state index contributed by atoms with van der Waals surface area (Å²) >= 11 is 2.96. The van der Waals surface area contributed by atoms with E-state index in [1.54, 1.807) is 0 Å². The van der Waals surface area contributed by atoms with Crippen LogP contribution in [0.5, 0.6) is 0 Å². The van der Waals surface area contributed by atoms with Crippen molar-refractivity contribution < 1.29 is 13.9 Å². The van der Waals surface area contributed by atoms with Gasteiger partial charge >= 0.3 is 0 Å². The molecule has 0 amide bonds. The number of hydrogen-bond acceptors (Lipinski definition) is 3. The molecule has 0 atom stereocenters. The minimum Gasteiger partial charge on any atom is -0.471 e. The summed E-state index contributed by atoms with van der Waals surface area (Å²) in [5.74, 6) is -0.278. The lowest BCUT2D eigenvalue weighted by atomic mass is 10.5. The molecule has 0 N–H and O–H groups in total. The number of nitrogens with zero attached hydrogens (tertiary/aromatic N) is 1. The Morgan fingerprint density at radius 3 is 2.58 bits per heavy atom. The molecule has 12 heavy (non-hydrogen) atoms. The second-order valence-corrected chi connectivity index (χ2v) is 2.48. The fourth-order valence-electron chi connectivity index (χ4n) is 0.358. The van der Waals surface area contributed by atoms with Gasteiger partial charge in [-0.3, -0.25) is 9.78 Å². The van der Waals surface area contributed by atoms with E-state index < -0.39 is 0 Å². The number of hydrogen-bond donors (Lipinski definition) is 0. The number of halogens is 2. The van der Waals surface area contributed by atoms with Crippen LogP contribution in [0.2, 0.25) is 0 Å². The zero-order valence-corrected chi connectivity index (χ0v) is 7.92. The predicted molar refractivity (Wildman–Crippen MR) is 45.0 cm³/mol. The van der Waals surface area contributed by atoms with E-state index in [1.165, 1.54) is 25.6 Å². The summed E-state index contributed by atoms with van der Waals surface area (Å²) in [4.78, 5) is 12.6. The lowest BCUT2D eigenvalue weighted by Crippen LogP contribution is -1.75. The third-order valence-corrected chi connectivity index (χ3v) is 1.40. The lowest BCUT2D eigenvalue weighted by Gasteiger charge is -1.86. The third-order valence-electron chi connectivity index (χ3n) is 0.819. The van der Waals surface area contributed by atoms with E-state index in [2.05, 4.69) is 25.7 Å². The van der Waals surface area contributed by atoms with Crippen molar-refractivity contribution in [1.29, 1.82) is 0 Å². The zero-order valence-electron chi connectivity index (χ0n) is 6.33. The Bertz CT molecular complexity index is 224. The molecule has 1 heterocycles. The molecule has 66 valence electrons. The molecule has 0 fully saturated rings. The van der Waals surface area contributed by atoms with Crippen LogP contribution in [0.3, 0.4) is 0 Å². The number of carbonyl (C=O) groups is 1. The molecule has 1 aromatic heterocycles. The summed E-state index contributed by atoms with van der Waals surface area (Å²) in [6, 6.07) is 1.30. The molecule has 1 aromatic rings. The van der Waals surface area contributed by atoms with Crippen LogP contribution in [0, 0.1) is 5.82 Å². The zero-order chi connectivity index (χ0) is 9.40. The number of rotatable bonds is 1. The molecular weight excluding hydrogens is 229 g/mol. The van der Waals surface area contributed by atoms with E-state index in [-0.39, 0.29) is 5.82 Å². The minimum absolute atomic E-state index is 0.278. The average molecular weight is 236 g/mol. The summed E-state index contributed by atoms with van der Waals surface area (Å²) in [5.41, 5.74) is 0. The van der Waals surface area contributed by atoms with Crippen LogP contribution in [0.25, 0.3) is 0 Å². The van der Waals surface area contributed by atoms with Crippen LogP contribution in [-0.2, 0) is 9.53 Å². The molecule has 0 aliphatic carbocycles. The summed E-state index contributed by atoms with van der Waals surface area (Å²) in [6.45, 7) is 0.375. The third kappa shape index (κ3) is 4.79. The predicted octanol–water partition coefficient (Wildman–Crippen LogP) is 1.77. The number of pyridine rings is 1. The maximum atomic E-state index is 12.2. The fraction of sp³-hybridized carbons (Fsp3) is 0.143. The highest BCUT2D eigenvalue weighted by Crippen LogP contribution is 2.10. The molecule has 0 aliphatic heterocycles. The number of carbonyl (C=O) groups excluding carboxylic acids is 1. The molecule has 0 bridgehead atoms. The van der Waals surface area contributed by atoms with Crippen molar-refractivity contribution >= 4 is 22.4 Å². The van der Waals surface area contributed by atoms with Crippen molar-refractivity contribution in [2.75, 3.05) is 7.11 Å². The van der Waals surface area contributed by atoms with Gasteiger partial charge in [0.25, 0.3) is 6.47 Å². The summed E-state index contributed by atoms with van der Waals surface area (Å²) in [6.07, 6.45) is 2.81. The van der Waals surface area contributed by atoms with Gasteiger partial charge in [-0.1, -0.05) is 0 Å². The highest BCUT2D eigenvalue weighted by molar-refractivity contribution is 9.10. The maximum Gasteiger partial charge on any atom is 0.292 e. The van der Waals surface area contributed by atoms with Gasteiger partial charge in [-0.25, -0.2) is 4.39 Å². The van der Waals surface area contributed by atoms with Crippen LogP contribution < -0.4 is 0 Å². The van der Waals surface area contributed by atoms with Crippen molar-refractivity contribution in [3.05, 3.63) is 28.7 Å². The second-order valence-electron chi connectivity index (χ2n) is 1.62. The van der Waals surface area contributed by atoms with Gasteiger partial charge in [0.15, 0.2) is 0 Å². The smallest absolute Gasteiger partial charge is 0.292 e. The number of ether oxygens (including phenoxy) is 1. The Morgan fingerprint density at radius 2 is 2.33 bits per heavy atom. The van der Waals surface area contributed by atoms with E-state index in [0.717, 1.165) is 0 Å². The minimum atomic E-state index is -0.278. The largest absolute Gasteiger partial charge is 0.471 e. The second kappa shape index (κ2) is 6.72. The Kier molecular flexibility index (Phi) is 6.18. The van der Waals surface area contributed by atoms with E-state index >= 15 is 0 Å². The van der Waals surface area contributed by atoms with E-state index in [4.69, 9.17) is 4.79 Å². The van der Waals surface area contributed by atoms with E-state index in [0.29, 0.717) is 10.9 Å². The molecule has 0 saturated heterocycles. The normalized spacial score (nSPS) is 7.92. The summed E-state index contributed by atoms with van der Waals surface area (Å²) in [5, 5.41) is 0. The molecular formula is C7H7BrFNO2. The van der Waals surface area contributed by atoms with Crippen LogP contribution in [0.4, 0.5) is 4.39 Å². The first-order valence-corrected chi connectivity index (χ1v) is 3.73. The van der Waals surface area contributed by atoms with Gasteiger partial charge in [0.2, 0.25) is 0 Å². The van der Waals surface area contributed by atoms with Crippen molar-refractivity contribution in [3.8, 4) is 0 Å². The first-order valence-electron chi connectivity index (χ1n) is 2.93. The van der Waals surface area contributed by atoms with Gasteiger partial charge in [0.1, 0.15) is 5.82 Å². The summed E-state index contributed by atoms with van der Waals surface area (Å²) < 4.78 is 16.5. The lowest BCUT2D eigenvalue weighted by molar-refractivity contribution is -0.126. The standard InChI is InChI=1S/C5H3BrFN.C2H4O2/c6-4-3-8-2-1-5(4)7;1-4-2-3/h1-3H;2H,1H3. The first-order chi connectivity index (χ1) is 5.72. The molecule has 0 aromatic carbocycles. The van der Waals surface area contributed by atoms with E-state index in [1.807, 2.05) is 0 Å². The van der Waals surface area contributed by atoms with Gasteiger partial charge < -0.3 is 4.74 Å². The van der Waals surface area contributed by atoms with Crippen molar-refractivity contribution in [3.63, 3.8) is 0 Å².